The average Bonchev–Trinajstić information content (AvgIpc) is 2.80. The number of rotatable bonds is 5. The lowest BCUT2D eigenvalue weighted by atomic mass is 9.84. The quantitative estimate of drug-likeness (QED) is 0.777. The van der Waals surface area contributed by atoms with E-state index in [1.165, 1.54) is 0 Å². The van der Waals surface area contributed by atoms with Crippen LogP contribution < -0.4 is 0 Å². The fraction of sp³-hybridized carbons (Fsp3) is 0.714. The molecule has 1 rings (SSSR count). The zero-order valence-electron chi connectivity index (χ0n) is 12.1. The molecule has 0 radical (unpaired) electrons. The number of hydrogen-bond donors (Lipinski definition) is 1. The molecule has 1 unspecified atom stereocenters. The van der Waals surface area contributed by atoms with Crippen molar-refractivity contribution in [3.05, 3.63) is 12.7 Å². The van der Waals surface area contributed by atoms with Crippen molar-refractivity contribution in [2.24, 2.45) is 5.41 Å². The molecular weight excluding hydrogens is 244 g/mol. The molecule has 0 bridgehead atoms. The van der Waals surface area contributed by atoms with E-state index in [9.17, 15) is 14.7 Å². The third-order valence-electron chi connectivity index (χ3n) is 3.95. The first-order valence-electron chi connectivity index (χ1n) is 6.77. The van der Waals surface area contributed by atoms with Crippen molar-refractivity contribution in [1.29, 1.82) is 0 Å². The van der Waals surface area contributed by atoms with Gasteiger partial charge in [-0.3, -0.25) is 4.79 Å². The molecule has 5 heteroatoms. The first-order valence-corrected chi connectivity index (χ1v) is 6.77. The number of nitrogens with zero attached hydrogens (tertiary/aromatic N) is 2. The van der Waals surface area contributed by atoms with E-state index in [2.05, 4.69) is 6.58 Å². The summed E-state index contributed by atoms with van der Waals surface area (Å²) in [5.74, 6) is -0.801. The van der Waals surface area contributed by atoms with Gasteiger partial charge in [-0.15, -0.1) is 6.58 Å². The first kappa shape index (κ1) is 15.5. The van der Waals surface area contributed by atoms with Gasteiger partial charge in [0.1, 0.15) is 0 Å². The molecule has 2 amide bonds. The second-order valence-corrected chi connectivity index (χ2v) is 5.43. The molecule has 5 nitrogen and oxygen atoms in total. The lowest BCUT2D eigenvalue weighted by molar-refractivity contribution is -0.148. The zero-order chi connectivity index (χ0) is 14.6. The van der Waals surface area contributed by atoms with Crippen LogP contribution in [0.15, 0.2) is 12.7 Å². The highest BCUT2D eigenvalue weighted by molar-refractivity contribution is 5.80. The van der Waals surface area contributed by atoms with Gasteiger partial charge in [0.05, 0.1) is 5.41 Å². The Hall–Kier alpha value is -1.52. The van der Waals surface area contributed by atoms with Crippen LogP contribution in [-0.4, -0.2) is 52.6 Å². The fourth-order valence-electron chi connectivity index (χ4n) is 2.48. The van der Waals surface area contributed by atoms with Crippen LogP contribution in [0.4, 0.5) is 4.79 Å². The van der Waals surface area contributed by atoms with E-state index in [0.717, 1.165) is 0 Å². The smallest absolute Gasteiger partial charge is 0.320 e. The summed E-state index contributed by atoms with van der Waals surface area (Å²) in [4.78, 5) is 27.2. The SMILES string of the molecule is C=CCN(C(=O)N1CCC(CC)(C(=O)O)C1)C(C)C. The molecule has 1 aliphatic rings. The van der Waals surface area contributed by atoms with Crippen LogP contribution in [0.25, 0.3) is 0 Å². The third kappa shape index (κ3) is 3.08. The standard InChI is InChI=1S/C14H24N2O3/c1-5-8-16(11(3)4)13(19)15-9-7-14(6-2,10-15)12(17)18/h5,11H,1,6-10H2,2-4H3,(H,17,18). The number of carbonyl (C=O) groups excluding carboxylic acids is 1. The predicted octanol–water partition coefficient (Wildman–Crippen LogP) is 2.19. The normalized spacial score (nSPS) is 22.6. The Bertz CT molecular complexity index is 368. The van der Waals surface area contributed by atoms with Gasteiger partial charge in [-0.05, 0) is 26.7 Å². The third-order valence-corrected chi connectivity index (χ3v) is 3.95. The van der Waals surface area contributed by atoms with Gasteiger partial charge in [-0.2, -0.15) is 0 Å². The summed E-state index contributed by atoms with van der Waals surface area (Å²) >= 11 is 0. The molecule has 1 atom stereocenters. The number of aliphatic carboxylic acids is 1. The van der Waals surface area contributed by atoms with Crippen LogP contribution in [-0.2, 0) is 4.79 Å². The molecule has 1 N–H and O–H groups in total. The lowest BCUT2D eigenvalue weighted by Crippen LogP contribution is -2.47. The maximum absolute atomic E-state index is 12.4. The van der Waals surface area contributed by atoms with Crippen molar-refractivity contribution < 1.29 is 14.7 Å². The summed E-state index contributed by atoms with van der Waals surface area (Å²) in [5.41, 5.74) is -0.771. The molecule has 1 aliphatic heterocycles. The fourth-order valence-corrected chi connectivity index (χ4v) is 2.48. The van der Waals surface area contributed by atoms with E-state index in [-0.39, 0.29) is 12.1 Å². The van der Waals surface area contributed by atoms with Crippen LogP contribution in [0.1, 0.15) is 33.6 Å². The Balaban J connectivity index is 2.80. The van der Waals surface area contributed by atoms with E-state index in [0.29, 0.717) is 32.5 Å². The highest BCUT2D eigenvalue weighted by atomic mass is 16.4. The van der Waals surface area contributed by atoms with Crippen LogP contribution in [0.5, 0.6) is 0 Å². The zero-order valence-corrected chi connectivity index (χ0v) is 12.1. The number of carboxylic acids is 1. The predicted molar refractivity (Wildman–Crippen MR) is 74.0 cm³/mol. The van der Waals surface area contributed by atoms with Crippen molar-refractivity contribution in [2.75, 3.05) is 19.6 Å². The largest absolute Gasteiger partial charge is 0.481 e. The Morgan fingerprint density at radius 3 is 2.53 bits per heavy atom. The Kier molecular flexibility index (Phi) is 4.97. The number of amides is 2. The molecule has 0 aromatic rings. The molecule has 0 spiro atoms. The molecule has 0 aliphatic carbocycles. The van der Waals surface area contributed by atoms with E-state index < -0.39 is 11.4 Å². The number of carbonyl (C=O) groups is 2. The molecule has 108 valence electrons. The van der Waals surface area contributed by atoms with Gasteiger partial charge in [-0.25, -0.2) is 4.79 Å². The first-order chi connectivity index (χ1) is 8.88. The molecular formula is C14H24N2O3. The summed E-state index contributed by atoms with van der Waals surface area (Å²) in [6.07, 6.45) is 2.78. The second kappa shape index (κ2) is 6.08. The van der Waals surface area contributed by atoms with E-state index >= 15 is 0 Å². The van der Waals surface area contributed by atoms with Gasteiger partial charge in [0, 0.05) is 25.7 Å². The lowest BCUT2D eigenvalue weighted by Gasteiger charge is -2.31. The van der Waals surface area contributed by atoms with Gasteiger partial charge in [0.2, 0.25) is 0 Å². The van der Waals surface area contributed by atoms with Crippen LogP contribution >= 0.6 is 0 Å². The highest BCUT2D eigenvalue weighted by Crippen LogP contribution is 2.34. The molecule has 1 saturated heterocycles. The van der Waals surface area contributed by atoms with Crippen LogP contribution in [0.2, 0.25) is 0 Å². The second-order valence-electron chi connectivity index (χ2n) is 5.43. The minimum atomic E-state index is -0.801. The Labute approximate surface area is 114 Å². The summed E-state index contributed by atoms with van der Waals surface area (Å²) in [5, 5.41) is 9.35. The Morgan fingerprint density at radius 1 is 1.53 bits per heavy atom. The Morgan fingerprint density at radius 2 is 2.16 bits per heavy atom. The van der Waals surface area contributed by atoms with E-state index in [4.69, 9.17) is 0 Å². The number of carboxylic acid groups (broad SMARTS) is 1. The summed E-state index contributed by atoms with van der Waals surface area (Å²) in [7, 11) is 0. The molecule has 0 aromatic carbocycles. The minimum absolute atomic E-state index is 0.0759. The number of likely N-dealkylation sites (tertiary alicyclic amines) is 1. The monoisotopic (exact) mass is 268 g/mol. The van der Waals surface area contributed by atoms with Crippen molar-refractivity contribution in [3.8, 4) is 0 Å². The molecule has 0 saturated carbocycles. The molecule has 0 aromatic heterocycles. The van der Waals surface area contributed by atoms with Gasteiger partial charge >= 0.3 is 12.0 Å². The maximum Gasteiger partial charge on any atom is 0.320 e. The summed E-state index contributed by atoms with van der Waals surface area (Å²) < 4.78 is 0. The average molecular weight is 268 g/mol. The molecule has 1 heterocycles. The maximum atomic E-state index is 12.4. The van der Waals surface area contributed by atoms with Gasteiger partial charge < -0.3 is 14.9 Å². The van der Waals surface area contributed by atoms with Gasteiger partial charge in [0.25, 0.3) is 0 Å². The van der Waals surface area contributed by atoms with Crippen molar-refractivity contribution in [3.63, 3.8) is 0 Å². The highest BCUT2D eigenvalue weighted by Gasteiger charge is 2.45. The van der Waals surface area contributed by atoms with Crippen LogP contribution in [0.3, 0.4) is 0 Å². The van der Waals surface area contributed by atoms with Crippen LogP contribution in [0, 0.1) is 5.41 Å². The topological polar surface area (TPSA) is 60.9 Å². The molecule has 1 fully saturated rings. The minimum Gasteiger partial charge on any atom is -0.481 e. The van der Waals surface area contributed by atoms with Crippen molar-refractivity contribution in [2.45, 2.75) is 39.7 Å². The number of hydrogen-bond acceptors (Lipinski definition) is 2. The van der Waals surface area contributed by atoms with Gasteiger partial charge in [0.15, 0.2) is 0 Å². The van der Waals surface area contributed by atoms with Crippen molar-refractivity contribution >= 4 is 12.0 Å². The molecule has 19 heavy (non-hydrogen) atoms. The number of urea groups is 1. The van der Waals surface area contributed by atoms with Crippen molar-refractivity contribution in [1.82, 2.24) is 9.80 Å². The summed E-state index contributed by atoms with van der Waals surface area (Å²) in [6, 6.07) is -0.0153. The van der Waals surface area contributed by atoms with E-state index in [1.54, 1.807) is 15.9 Å². The van der Waals surface area contributed by atoms with E-state index in [1.807, 2.05) is 20.8 Å². The summed E-state index contributed by atoms with van der Waals surface area (Å²) in [6.45, 7) is 10.7. The van der Waals surface area contributed by atoms with Gasteiger partial charge in [-0.1, -0.05) is 13.0 Å².